The van der Waals surface area contributed by atoms with Crippen molar-refractivity contribution >= 4 is 47.4 Å². The highest BCUT2D eigenvalue weighted by Crippen LogP contribution is 2.35. The van der Waals surface area contributed by atoms with Crippen LogP contribution in [0.1, 0.15) is 6.42 Å². The third kappa shape index (κ3) is 2.54. The van der Waals surface area contributed by atoms with Crippen molar-refractivity contribution in [1.29, 1.82) is 0 Å². The largest absolute Gasteiger partial charge is 0.308 e. The number of halogens is 3. The molecule has 0 spiro atoms. The minimum atomic E-state index is -0.573. The van der Waals surface area contributed by atoms with Crippen LogP contribution in [0.25, 0.3) is 0 Å². The van der Waals surface area contributed by atoms with Crippen molar-refractivity contribution in [1.82, 2.24) is 0 Å². The lowest BCUT2D eigenvalue weighted by molar-refractivity contribution is -0.117. The number of nitrogens with zero attached hydrogens (tertiary/aromatic N) is 1. The van der Waals surface area contributed by atoms with Gasteiger partial charge in [0.1, 0.15) is 5.82 Å². The molecule has 1 atom stereocenters. The summed E-state index contributed by atoms with van der Waals surface area (Å²) in [5.41, 5.74) is 0.116. The van der Waals surface area contributed by atoms with E-state index in [0.29, 0.717) is 18.7 Å². The highest BCUT2D eigenvalue weighted by molar-refractivity contribution is 7.80. The summed E-state index contributed by atoms with van der Waals surface area (Å²) in [6, 6.07) is 2.59. The normalized spacial score (nSPS) is 20.1. The molecule has 1 saturated heterocycles. The molecule has 0 aromatic heterocycles. The molecule has 1 amide bonds. The van der Waals surface area contributed by atoms with Crippen LogP contribution in [-0.4, -0.2) is 18.2 Å². The third-order valence-electron chi connectivity index (χ3n) is 2.71. The molecule has 1 aromatic carbocycles. The molecule has 6 heteroatoms. The molecule has 1 aliphatic rings. The highest BCUT2D eigenvalue weighted by Gasteiger charge is 2.32. The predicted octanol–water partition coefficient (Wildman–Crippen LogP) is 3.42. The van der Waals surface area contributed by atoms with E-state index in [-0.39, 0.29) is 27.6 Å². The number of thiol groups is 1. The van der Waals surface area contributed by atoms with Gasteiger partial charge in [-0.25, -0.2) is 4.39 Å². The van der Waals surface area contributed by atoms with Crippen LogP contribution in [0.5, 0.6) is 0 Å². The summed E-state index contributed by atoms with van der Waals surface area (Å²) in [6.07, 6.45) is 0.377. The van der Waals surface area contributed by atoms with Gasteiger partial charge in [0.05, 0.1) is 10.7 Å². The van der Waals surface area contributed by atoms with E-state index in [1.54, 1.807) is 0 Å². The fourth-order valence-electron chi connectivity index (χ4n) is 1.91. The van der Waals surface area contributed by atoms with Crippen LogP contribution in [0.2, 0.25) is 10.0 Å². The van der Waals surface area contributed by atoms with Crippen LogP contribution >= 0.6 is 35.8 Å². The van der Waals surface area contributed by atoms with Gasteiger partial charge >= 0.3 is 0 Å². The Kier molecular flexibility index (Phi) is 3.85. The number of benzene rings is 1. The van der Waals surface area contributed by atoms with Crippen LogP contribution in [0.3, 0.4) is 0 Å². The van der Waals surface area contributed by atoms with Gasteiger partial charge in [-0.1, -0.05) is 23.2 Å². The Balaban J connectivity index is 2.38. The Hall–Kier alpha value is -0.450. The number of hydrogen-bond donors (Lipinski definition) is 1. The molecule has 1 unspecified atom stereocenters. The predicted molar refractivity (Wildman–Crippen MR) is 70.7 cm³/mol. The Labute approximate surface area is 114 Å². The lowest BCUT2D eigenvalue weighted by Crippen LogP contribution is -2.26. The molecular weight excluding hydrogens is 284 g/mol. The van der Waals surface area contributed by atoms with E-state index in [0.717, 1.165) is 6.07 Å². The molecule has 17 heavy (non-hydrogen) atoms. The van der Waals surface area contributed by atoms with Crippen molar-refractivity contribution in [2.45, 2.75) is 6.42 Å². The summed E-state index contributed by atoms with van der Waals surface area (Å²) >= 11 is 15.8. The summed E-state index contributed by atoms with van der Waals surface area (Å²) in [5.74, 6) is 0.0227. The number of hydrogen-bond acceptors (Lipinski definition) is 2. The molecule has 0 bridgehead atoms. The summed E-state index contributed by atoms with van der Waals surface area (Å²) in [6.45, 7) is 0.445. The Morgan fingerprint density at radius 2 is 2.18 bits per heavy atom. The molecule has 1 fully saturated rings. The van der Waals surface area contributed by atoms with E-state index >= 15 is 0 Å². The number of carbonyl (C=O) groups excluding carboxylic acids is 1. The quantitative estimate of drug-likeness (QED) is 0.829. The fourth-order valence-corrected chi connectivity index (χ4v) is 2.73. The zero-order valence-electron chi connectivity index (χ0n) is 8.79. The molecule has 1 aliphatic heterocycles. The third-order valence-corrected chi connectivity index (χ3v) is 3.74. The van der Waals surface area contributed by atoms with Crippen molar-refractivity contribution in [2.24, 2.45) is 5.92 Å². The van der Waals surface area contributed by atoms with Crippen molar-refractivity contribution in [3.05, 3.63) is 28.0 Å². The van der Waals surface area contributed by atoms with Gasteiger partial charge in [0.15, 0.2) is 0 Å². The Morgan fingerprint density at radius 3 is 2.71 bits per heavy atom. The van der Waals surface area contributed by atoms with Gasteiger partial charge < -0.3 is 4.90 Å². The summed E-state index contributed by atoms with van der Waals surface area (Å²) in [5, 5.41) is 0.372. The molecule has 2 nitrogen and oxygen atoms in total. The highest BCUT2D eigenvalue weighted by atomic mass is 35.5. The summed E-state index contributed by atoms with van der Waals surface area (Å²) in [4.78, 5) is 13.1. The van der Waals surface area contributed by atoms with E-state index in [2.05, 4.69) is 12.6 Å². The minimum Gasteiger partial charge on any atom is -0.308 e. The molecule has 92 valence electrons. The van der Waals surface area contributed by atoms with E-state index in [9.17, 15) is 9.18 Å². The Bertz CT molecular complexity index is 446. The average molecular weight is 294 g/mol. The number of amides is 1. The SMILES string of the molecule is O=C1CC(CS)CN1c1c(F)cc(Cl)cc1Cl. The van der Waals surface area contributed by atoms with Gasteiger partial charge in [0, 0.05) is 18.0 Å². The number of carbonyl (C=O) groups is 1. The molecule has 0 N–H and O–H groups in total. The lowest BCUT2D eigenvalue weighted by atomic mass is 10.1. The molecular formula is C11H10Cl2FNOS. The maximum atomic E-state index is 13.8. The monoisotopic (exact) mass is 293 g/mol. The smallest absolute Gasteiger partial charge is 0.227 e. The molecule has 0 saturated carbocycles. The van der Waals surface area contributed by atoms with E-state index in [4.69, 9.17) is 23.2 Å². The van der Waals surface area contributed by atoms with Crippen LogP contribution in [0, 0.1) is 11.7 Å². The van der Waals surface area contributed by atoms with Gasteiger partial charge in [-0.05, 0) is 23.8 Å². The zero-order valence-corrected chi connectivity index (χ0v) is 11.2. The second kappa shape index (κ2) is 5.04. The standard InChI is InChI=1S/C11H10Cl2FNOS/c12-7-2-8(13)11(9(14)3-7)15-4-6(5-17)1-10(15)16/h2-3,6,17H,1,4-5H2. The molecule has 1 heterocycles. The van der Waals surface area contributed by atoms with Crippen LogP contribution in [-0.2, 0) is 4.79 Å². The first kappa shape index (κ1) is 13.0. The summed E-state index contributed by atoms with van der Waals surface area (Å²) < 4.78 is 13.8. The summed E-state index contributed by atoms with van der Waals surface area (Å²) in [7, 11) is 0. The van der Waals surface area contributed by atoms with Crippen LogP contribution in [0.15, 0.2) is 12.1 Å². The lowest BCUT2D eigenvalue weighted by Gasteiger charge is -2.19. The van der Waals surface area contributed by atoms with Gasteiger partial charge in [-0.2, -0.15) is 12.6 Å². The maximum absolute atomic E-state index is 13.8. The Morgan fingerprint density at radius 1 is 1.47 bits per heavy atom. The van der Waals surface area contributed by atoms with E-state index in [1.165, 1.54) is 11.0 Å². The van der Waals surface area contributed by atoms with Gasteiger partial charge in [-0.3, -0.25) is 4.79 Å². The second-order valence-corrected chi connectivity index (χ2v) is 5.18. The fraction of sp³-hybridized carbons (Fsp3) is 0.364. The van der Waals surface area contributed by atoms with Crippen molar-refractivity contribution in [3.63, 3.8) is 0 Å². The molecule has 1 aromatic rings. The minimum absolute atomic E-state index is 0.116. The van der Waals surface area contributed by atoms with Crippen LogP contribution in [0.4, 0.5) is 10.1 Å². The molecule has 2 rings (SSSR count). The first-order valence-electron chi connectivity index (χ1n) is 5.08. The topological polar surface area (TPSA) is 20.3 Å². The van der Waals surface area contributed by atoms with Crippen molar-refractivity contribution in [2.75, 3.05) is 17.2 Å². The van der Waals surface area contributed by atoms with Gasteiger partial charge in [0.2, 0.25) is 5.91 Å². The first-order chi connectivity index (χ1) is 8.02. The average Bonchev–Trinajstić information content (AvgIpc) is 2.59. The van der Waals surface area contributed by atoms with Crippen molar-refractivity contribution < 1.29 is 9.18 Å². The van der Waals surface area contributed by atoms with Gasteiger partial charge in [0.25, 0.3) is 0 Å². The molecule has 0 aliphatic carbocycles. The molecule has 0 radical (unpaired) electrons. The van der Waals surface area contributed by atoms with Crippen molar-refractivity contribution in [3.8, 4) is 0 Å². The second-order valence-electron chi connectivity index (χ2n) is 3.98. The van der Waals surface area contributed by atoms with Crippen LogP contribution < -0.4 is 4.90 Å². The number of anilines is 1. The maximum Gasteiger partial charge on any atom is 0.227 e. The number of rotatable bonds is 2. The van der Waals surface area contributed by atoms with Gasteiger partial charge in [-0.15, -0.1) is 0 Å². The first-order valence-corrected chi connectivity index (χ1v) is 6.47. The van der Waals surface area contributed by atoms with E-state index in [1.807, 2.05) is 0 Å². The van der Waals surface area contributed by atoms with E-state index < -0.39 is 5.82 Å². The zero-order chi connectivity index (χ0) is 12.6.